The number of carbonyl (C=O) groups excluding carboxylic acids is 1. The lowest BCUT2D eigenvalue weighted by Crippen LogP contribution is -2.23. The van der Waals surface area contributed by atoms with E-state index in [0.29, 0.717) is 45.3 Å². The molecule has 26 heavy (non-hydrogen) atoms. The van der Waals surface area contributed by atoms with Gasteiger partial charge in [-0.15, -0.1) is 0 Å². The van der Waals surface area contributed by atoms with Gasteiger partial charge in [0.2, 0.25) is 12.5 Å². The number of nitrogens with one attached hydrogen (secondary N) is 1. The van der Waals surface area contributed by atoms with E-state index in [0.717, 1.165) is 5.56 Å². The van der Waals surface area contributed by atoms with Crippen LogP contribution in [-0.4, -0.2) is 34.0 Å². The molecule has 7 nitrogen and oxygen atoms in total. The Labute approximate surface area is 159 Å². The topological polar surface area (TPSA) is 75.3 Å². The Balaban J connectivity index is 1.81. The SMILES string of the molecule is COc1cc(C(=O)NCc2ccc3c(c2)OCO3)c(Br)c(OC)c1OC. The number of amides is 1. The number of benzene rings is 2. The van der Waals surface area contributed by atoms with Crippen molar-refractivity contribution in [1.29, 1.82) is 0 Å². The number of rotatable bonds is 6. The van der Waals surface area contributed by atoms with Crippen molar-refractivity contribution in [2.24, 2.45) is 0 Å². The Morgan fingerprint density at radius 1 is 1.08 bits per heavy atom. The van der Waals surface area contributed by atoms with Crippen LogP contribution in [0.3, 0.4) is 0 Å². The first-order valence-corrected chi connectivity index (χ1v) is 8.53. The van der Waals surface area contributed by atoms with Crippen LogP contribution < -0.4 is 29.0 Å². The van der Waals surface area contributed by atoms with Crippen LogP contribution in [0, 0.1) is 0 Å². The van der Waals surface area contributed by atoms with Crippen LogP contribution in [0.1, 0.15) is 15.9 Å². The molecule has 8 heteroatoms. The van der Waals surface area contributed by atoms with Crippen LogP contribution in [0.15, 0.2) is 28.7 Å². The van der Waals surface area contributed by atoms with Gasteiger partial charge in [-0.05, 0) is 39.7 Å². The molecule has 0 aliphatic carbocycles. The number of methoxy groups -OCH3 is 3. The lowest BCUT2D eigenvalue weighted by atomic mass is 10.1. The Morgan fingerprint density at radius 2 is 1.81 bits per heavy atom. The molecule has 1 heterocycles. The Morgan fingerprint density at radius 3 is 2.50 bits per heavy atom. The third-order valence-electron chi connectivity index (χ3n) is 3.90. The minimum absolute atomic E-state index is 0.212. The van der Waals surface area contributed by atoms with Crippen molar-refractivity contribution in [3.05, 3.63) is 39.9 Å². The van der Waals surface area contributed by atoms with E-state index in [1.54, 1.807) is 6.07 Å². The summed E-state index contributed by atoms with van der Waals surface area (Å²) in [5.41, 5.74) is 1.27. The fourth-order valence-corrected chi connectivity index (χ4v) is 3.25. The predicted octanol–water partition coefficient (Wildman–Crippen LogP) is 3.13. The molecule has 2 aromatic rings. The smallest absolute Gasteiger partial charge is 0.252 e. The molecule has 0 fully saturated rings. The summed E-state index contributed by atoms with van der Waals surface area (Å²) in [5.74, 6) is 2.29. The fraction of sp³-hybridized carbons (Fsp3) is 0.278. The van der Waals surface area contributed by atoms with Crippen LogP contribution >= 0.6 is 15.9 Å². The van der Waals surface area contributed by atoms with Crippen molar-refractivity contribution >= 4 is 21.8 Å². The highest BCUT2D eigenvalue weighted by Crippen LogP contribution is 2.44. The number of hydrogen-bond acceptors (Lipinski definition) is 6. The van der Waals surface area contributed by atoms with Gasteiger partial charge in [0.15, 0.2) is 23.0 Å². The molecule has 0 bridgehead atoms. The molecule has 0 radical (unpaired) electrons. The van der Waals surface area contributed by atoms with E-state index in [-0.39, 0.29) is 12.7 Å². The summed E-state index contributed by atoms with van der Waals surface area (Å²) >= 11 is 3.41. The van der Waals surface area contributed by atoms with Crippen molar-refractivity contribution < 1.29 is 28.5 Å². The predicted molar refractivity (Wildman–Crippen MR) is 97.5 cm³/mol. The first kappa shape index (κ1) is 18.2. The molecule has 1 aliphatic heterocycles. The number of ether oxygens (including phenoxy) is 5. The van der Waals surface area contributed by atoms with E-state index < -0.39 is 0 Å². The summed E-state index contributed by atoms with van der Waals surface area (Å²) in [4.78, 5) is 12.7. The molecule has 0 unspecified atom stereocenters. The largest absolute Gasteiger partial charge is 0.493 e. The zero-order valence-corrected chi connectivity index (χ0v) is 16.1. The zero-order valence-electron chi connectivity index (χ0n) is 14.6. The minimum Gasteiger partial charge on any atom is -0.493 e. The van der Waals surface area contributed by atoms with Gasteiger partial charge in [-0.25, -0.2) is 0 Å². The van der Waals surface area contributed by atoms with E-state index in [1.165, 1.54) is 21.3 Å². The zero-order chi connectivity index (χ0) is 18.7. The molecule has 0 aromatic heterocycles. The van der Waals surface area contributed by atoms with Gasteiger partial charge in [0.05, 0.1) is 31.4 Å². The van der Waals surface area contributed by atoms with Gasteiger partial charge in [0.25, 0.3) is 5.91 Å². The van der Waals surface area contributed by atoms with Gasteiger partial charge in [0.1, 0.15) is 0 Å². The number of halogens is 1. The van der Waals surface area contributed by atoms with E-state index in [2.05, 4.69) is 21.2 Å². The third-order valence-corrected chi connectivity index (χ3v) is 4.69. The molecule has 2 aromatic carbocycles. The van der Waals surface area contributed by atoms with Crippen LogP contribution in [0.2, 0.25) is 0 Å². The highest BCUT2D eigenvalue weighted by Gasteiger charge is 2.23. The Bertz CT molecular complexity index is 839. The summed E-state index contributed by atoms with van der Waals surface area (Å²) < 4.78 is 27.1. The average Bonchev–Trinajstić information content (AvgIpc) is 3.13. The quantitative estimate of drug-likeness (QED) is 0.768. The first-order valence-electron chi connectivity index (χ1n) is 7.74. The first-order chi connectivity index (χ1) is 12.6. The van der Waals surface area contributed by atoms with Crippen molar-refractivity contribution in [3.63, 3.8) is 0 Å². The molecule has 1 N–H and O–H groups in total. The standard InChI is InChI=1S/C18H18BrNO6/c1-22-14-7-11(15(19)17(24-3)16(14)23-2)18(21)20-8-10-4-5-12-13(6-10)26-9-25-12/h4-7H,8-9H2,1-3H3,(H,20,21). The van der Waals surface area contributed by atoms with E-state index in [1.807, 2.05) is 18.2 Å². The lowest BCUT2D eigenvalue weighted by molar-refractivity contribution is 0.0949. The van der Waals surface area contributed by atoms with Gasteiger partial charge in [-0.2, -0.15) is 0 Å². The highest BCUT2D eigenvalue weighted by molar-refractivity contribution is 9.10. The minimum atomic E-state index is -0.284. The second-order valence-corrected chi connectivity index (χ2v) is 6.17. The number of fused-ring (bicyclic) bond motifs is 1. The maximum atomic E-state index is 12.7. The van der Waals surface area contributed by atoms with Crippen molar-refractivity contribution in [3.8, 4) is 28.7 Å². The molecule has 0 saturated heterocycles. The van der Waals surface area contributed by atoms with Gasteiger partial charge < -0.3 is 29.0 Å². The maximum absolute atomic E-state index is 12.7. The number of carbonyl (C=O) groups is 1. The molecule has 0 atom stereocenters. The molecular formula is C18H18BrNO6. The molecule has 1 amide bonds. The van der Waals surface area contributed by atoms with Crippen LogP contribution in [0.5, 0.6) is 28.7 Å². The molecule has 0 saturated carbocycles. The molecule has 1 aliphatic rings. The van der Waals surface area contributed by atoms with E-state index >= 15 is 0 Å². The van der Waals surface area contributed by atoms with Gasteiger partial charge in [-0.1, -0.05) is 6.07 Å². The molecule has 0 spiro atoms. The summed E-state index contributed by atoms with van der Waals surface area (Å²) in [7, 11) is 4.50. The van der Waals surface area contributed by atoms with E-state index in [9.17, 15) is 4.79 Å². The summed E-state index contributed by atoms with van der Waals surface area (Å²) in [6.45, 7) is 0.544. The second-order valence-electron chi connectivity index (χ2n) is 5.38. The van der Waals surface area contributed by atoms with Crippen molar-refractivity contribution in [2.75, 3.05) is 28.1 Å². The summed E-state index contributed by atoms with van der Waals surface area (Å²) in [5, 5.41) is 2.87. The monoisotopic (exact) mass is 423 g/mol. The van der Waals surface area contributed by atoms with Crippen molar-refractivity contribution in [1.82, 2.24) is 5.32 Å². The lowest BCUT2D eigenvalue weighted by Gasteiger charge is -2.16. The average molecular weight is 424 g/mol. The van der Waals surface area contributed by atoms with Crippen molar-refractivity contribution in [2.45, 2.75) is 6.54 Å². The summed E-state index contributed by atoms with van der Waals surface area (Å²) in [6, 6.07) is 7.13. The van der Waals surface area contributed by atoms with Crippen LogP contribution in [0.25, 0.3) is 0 Å². The summed E-state index contributed by atoms with van der Waals surface area (Å²) in [6.07, 6.45) is 0. The Hall–Kier alpha value is -2.61. The number of hydrogen-bond donors (Lipinski definition) is 1. The van der Waals surface area contributed by atoms with Crippen LogP contribution in [-0.2, 0) is 6.54 Å². The van der Waals surface area contributed by atoms with Gasteiger partial charge in [-0.3, -0.25) is 4.79 Å². The highest BCUT2D eigenvalue weighted by atomic mass is 79.9. The molecule has 3 rings (SSSR count). The normalized spacial score (nSPS) is 11.8. The van der Waals surface area contributed by atoms with E-state index in [4.69, 9.17) is 23.7 Å². The van der Waals surface area contributed by atoms with Gasteiger partial charge >= 0.3 is 0 Å². The van der Waals surface area contributed by atoms with Gasteiger partial charge in [0, 0.05) is 6.54 Å². The fourth-order valence-electron chi connectivity index (χ4n) is 2.61. The molecular weight excluding hydrogens is 406 g/mol. The Kier molecular flexibility index (Phi) is 5.41. The second kappa shape index (κ2) is 7.74. The van der Waals surface area contributed by atoms with Crippen LogP contribution in [0.4, 0.5) is 0 Å². The maximum Gasteiger partial charge on any atom is 0.252 e. The third kappa shape index (κ3) is 3.37. The molecule has 138 valence electrons.